The number of rotatable bonds is 3. The van der Waals surface area contributed by atoms with Crippen molar-refractivity contribution in [1.82, 2.24) is 0 Å². The van der Waals surface area contributed by atoms with E-state index >= 15 is 0 Å². The Hall–Kier alpha value is -2.69. The highest BCUT2D eigenvalue weighted by atomic mass is 16.6. The SMILES string of the molecule is Cc1ccc(N)c(C(=O)c2ccccc2[N+](=O)[O-])c1. The van der Waals surface area contributed by atoms with Gasteiger partial charge in [0.1, 0.15) is 5.56 Å². The number of ketones is 1. The number of carbonyl (C=O) groups excluding carboxylic acids is 1. The van der Waals surface area contributed by atoms with Crippen molar-refractivity contribution in [2.75, 3.05) is 5.73 Å². The lowest BCUT2D eigenvalue weighted by Crippen LogP contribution is -2.08. The zero-order chi connectivity index (χ0) is 14.0. The van der Waals surface area contributed by atoms with Gasteiger partial charge in [-0.25, -0.2) is 0 Å². The molecule has 0 saturated heterocycles. The molecule has 19 heavy (non-hydrogen) atoms. The Morgan fingerprint density at radius 3 is 2.53 bits per heavy atom. The van der Waals surface area contributed by atoms with Gasteiger partial charge in [-0.2, -0.15) is 0 Å². The molecule has 96 valence electrons. The first kappa shape index (κ1) is 12.8. The van der Waals surface area contributed by atoms with Crippen molar-refractivity contribution < 1.29 is 9.72 Å². The number of nitrogens with two attached hydrogens (primary N) is 1. The maximum absolute atomic E-state index is 12.4. The van der Waals surface area contributed by atoms with Gasteiger partial charge >= 0.3 is 0 Å². The Balaban J connectivity index is 2.56. The van der Waals surface area contributed by atoms with Crippen LogP contribution in [-0.4, -0.2) is 10.7 Å². The van der Waals surface area contributed by atoms with Crippen LogP contribution in [0.1, 0.15) is 21.5 Å². The number of nitro groups is 1. The lowest BCUT2D eigenvalue weighted by Gasteiger charge is -2.06. The van der Waals surface area contributed by atoms with Crippen LogP contribution in [0, 0.1) is 17.0 Å². The summed E-state index contributed by atoms with van der Waals surface area (Å²) in [5.41, 5.74) is 7.07. The van der Waals surface area contributed by atoms with E-state index in [2.05, 4.69) is 0 Å². The van der Waals surface area contributed by atoms with E-state index in [4.69, 9.17) is 5.73 Å². The maximum Gasteiger partial charge on any atom is 0.280 e. The largest absolute Gasteiger partial charge is 0.398 e. The third-order valence-electron chi connectivity index (χ3n) is 2.80. The molecule has 0 saturated carbocycles. The average Bonchev–Trinajstić information content (AvgIpc) is 2.40. The third kappa shape index (κ3) is 2.44. The number of benzene rings is 2. The lowest BCUT2D eigenvalue weighted by atomic mass is 9.99. The molecule has 0 heterocycles. The highest BCUT2D eigenvalue weighted by Gasteiger charge is 2.21. The van der Waals surface area contributed by atoms with Gasteiger partial charge in [-0.05, 0) is 25.1 Å². The van der Waals surface area contributed by atoms with Crippen molar-refractivity contribution in [2.45, 2.75) is 6.92 Å². The molecule has 0 radical (unpaired) electrons. The van der Waals surface area contributed by atoms with Crippen LogP contribution in [0.5, 0.6) is 0 Å². The molecule has 0 atom stereocenters. The van der Waals surface area contributed by atoms with Crippen molar-refractivity contribution in [3.63, 3.8) is 0 Å². The summed E-state index contributed by atoms with van der Waals surface area (Å²) in [5, 5.41) is 10.9. The standard InChI is InChI=1S/C14H12N2O3/c1-9-6-7-12(15)11(8-9)14(17)10-4-2-3-5-13(10)16(18)19/h2-8H,15H2,1H3. The minimum absolute atomic E-state index is 0.0461. The average molecular weight is 256 g/mol. The van der Waals surface area contributed by atoms with Crippen LogP contribution in [0.4, 0.5) is 11.4 Å². The number of carbonyl (C=O) groups is 1. The maximum atomic E-state index is 12.4. The Morgan fingerprint density at radius 2 is 1.84 bits per heavy atom. The van der Waals surface area contributed by atoms with E-state index in [1.807, 2.05) is 6.92 Å². The number of hydrogen-bond donors (Lipinski definition) is 1. The van der Waals surface area contributed by atoms with Gasteiger partial charge in [0.05, 0.1) is 4.92 Å². The number of nitro benzene ring substituents is 1. The van der Waals surface area contributed by atoms with E-state index in [-0.39, 0.29) is 16.8 Å². The van der Waals surface area contributed by atoms with Gasteiger partial charge in [-0.15, -0.1) is 0 Å². The summed E-state index contributed by atoms with van der Waals surface area (Å²) in [6.07, 6.45) is 0. The molecule has 2 N–H and O–H groups in total. The molecule has 0 aromatic heterocycles. The van der Waals surface area contributed by atoms with Crippen LogP contribution in [0.3, 0.4) is 0 Å². The van der Waals surface area contributed by atoms with E-state index in [0.717, 1.165) is 5.56 Å². The Labute approximate surface area is 109 Å². The summed E-state index contributed by atoms with van der Waals surface area (Å²) in [7, 11) is 0. The molecule has 2 aromatic rings. The number of aryl methyl sites for hydroxylation is 1. The predicted octanol–water partition coefficient (Wildman–Crippen LogP) is 2.72. The third-order valence-corrected chi connectivity index (χ3v) is 2.80. The monoisotopic (exact) mass is 256 g/mol. The smallest absolute Gasteiger partial charge is 0.280 e. The molecule has 0 aliphatic heterocycles. The quantitative estimate of drug-likeness (QED) is 0.396. The second kappa shape index (κ2) is 4.89. The van der Waals surface area contributed by atoms with Gasteiger partial charge in [-0.3, -0.25) is 14.9 Å². The number of anilines is 1. The van der Waals surface area contributed by atoms with E-state index in [1.165, 1.54) is 18.2 Å². The summed E-state index contributed by atoms with van der Waals surface area (Å²) in [4.78, 5) is 22.7. The molecule has 0 aliphatic rings. The van der Waals surface area contributed by atoms with Gasteiger partial charge in [0.25, 0.3) is 5.69 Å². The first-order valence-electron chi connectivity index (χ1n) is 5.65. The fraction of sp³-hybridized carbons (Fsp3) is 0.0714. The summed E-state index contributed by atoms with van der Waals surface area (Å²) in [6.45, 7) is 1.83. The molecule has 2 rings (SSSR count). The molecule has 5 nitrogen and oxygen atoms in total. The number of para-hydroxylation sites is 1. The van der Waals surface area contributed by atoms with Gasteiger partial charge < -0.3 is 5.73 Å². The highest BCUT2D eigenvalue weighted by molar-refractivity contribution is 6.14. The zero-order valence-electron chi connectivity index (χ0n) is 10.3. The van der Waals surface area contributed by atoms with Crippen LogP contribution < -0.4 is 5.73 Å². The van der Waals surface area contributed by atoms with Crippen LogP contribution in [0.15, 0.2) is 42.5 Å². The van der Waals surface area contributed by atoms with Crippen molar-refractivity contribution in [3.8, 4) is 0 Å². The topological polar surface area (TPSA) is 86.2 Å². The Kier molecular flexibility index (Phi) is 3.29. The Morgan fingerprint density at radius 1 is 1.16 bits per heavy atom. The van der Waals surface area contributed by atoms with E-state index in [0.29, 0.717) is 5.69 Å². The molecule has 0 unspecified atom stereocenters. The first-order chi connectivity index (χ1) is 9.00. The van der Waals surface area contributed by atoms with Crippen molar-refractivity contribution in [3.05, 3.63) is 69.3 Å². The van der Waals surface area contributed by atoms with Crippen LogP contribution in [-0.2, 0) is 0 Å². The second-order valence-corrected chi connectivity index (χ2v) is 4.19. The molecule has 0 amide bonds. The highest BCUT2D eigenvalue weighted by Crippen LogP contribution is 2.24. The van der Waals surface area contributed by atoms with E-state index in [1.54, 1.807) is 24.3 Å². The summed E-state index contributed by atoms with van der Waals surface area (Å²) in [5.74, 6) is -0.437. The molecule has 0 aliphatic carbocycles. The molecule has 0 spiro atoms. The fourth-order valence-corrected chi connectivity index (χ4v) is 1.84. The lowest BCUT2D eigenvalue weighted by molar-refractivity contribution is -0.385. The summed E-state index contributed by atoms with van der Waals surface area (Å²) in [6, 6.07) is 10.9. The Bertz CT molecular complexity index is 665. The molecular formula is C14H12N2O3. The number of nitrogen functional groups attached to an aromatic ring is 1. The van der Waals surface area contributed by atoms with E-state index in [9.17, 15) is 14.9 Å². The van der Waals surface area contributed by atoms with Crippen molar-refractivity contribution in [1.29, 1.82) is 0 Å². The number of hydrogen-bond acceptors (Lipinski definition) is 4. The van der Waals surface area contributed by atoms with Gasteiger partial charge in [-0.1, -0.05) is 23.8 Å². The molecule has 5 heteroatoms. The summed E-state index contributed by atoms with van der Waals surface area (Å²) < 4.78 is 0. The number of nitrogens with zero attached hydrogens (tertiary/aromatic N) is 1. The van der Waals surface area contributed by atoms with E-state index < -0.39 is 10.7 Å². The fourth-order valence-electron chi connectivity index (χ4n) is 1.84. The van der Waals surface area contributed by atoms with Crippen LogP contribution in [0.25, 0.3) is 0 Å². The van der Waals surface area contributed by atoms with Gasteiger partial charge in [0, 0.05) is 17.3 Å². The normalized spacial score (nSPS) is 10.2. The molecular weight excluding hydrogens is 244 g/mol. The van der Waals surface area contributed by atoms with Crippen molar-refractivity contribution in [2.24, 2.45) is 0 Å². The second-order valence-electron chi connectivity index (χ2n) is 4.19. The summed E-state index contributed by atoms with van der Waals surface area (Å²) >= 11 is 0. The predicted molar refractivity (Wildman–Crippen MR) is 72.1 cm³/mol. The molecule has 0 fully saturated rings. The molecule has 0 bridgehead atoms. The minimum Gasteiger partial charge on any atom is -0.398 e. The van der Waals surface area contributed by atoms with Gasteiger partial charge in [0.2, 0.25) is 5.78 Å². The van der Waals surface area contributed by atoms with Gasteiger partial charge in [0.15, 0.2) is 0 Å². The molecule has 2 aromatic carbocycles. The first-order valence-corrected chi connectivity index (χ1v) is 5.65. The minimum atomic E-state index is -0.570. The zero-order valence-corrected chi connectivity index (χ0v) is 10.3. The van der Waals surface area contributed by atoms with Crippen LogP contribution >= 0.6 is 0 Å². The van der Waals surface area contributed by atoms with Crippen molar-refractivity contribution >= 4 is 17.2 Å². The van der Waals surface area contributed by atoms with Crippen LogP contribution in [0.2, 0.25) is 0 Å².